The van der Waals surface area contributed by atoms with Crippen LogP contribution >= 0.6 is 23.2 Å². The average Bonchev–Trinajstić information content (AvgIpc) is 2.89. The number of rotatable bonds is 12. The van der Waals surface area contributed by atoms with Crippen molar-refractivity contribution in [3.63, 3.8) is 0 Å². The highest BCUT2D eigenvalue weighted by molar-refractivity contribution is 6.31. The number of hydrogen-bond donors (Lipinski definition) is 1. The van der Waals surface area contributed by atoms with Gasteiger partial charge >= 0.3 is 0 Å². The number of anilines is 1. The zero-order valence-electron chi connectivity index (χ0n) is 25.2. The standard InChI is InChI=1S/C29H43Cl2N3O4Si2/c1-17-24(31)33-26(34-25(17)32-21-10-12-35-13-11-21)19-14-20(30)16-22(15-19)36-23(28(3,4)5)18(2)29(6,7)27(37-39-8)38-40-9/h14-16,18,21,23,27H,10-13H2,1-9H3,(H,32,33,34). The van der Waals surface area contributed by atoms with E-state index in [0.29, 0.717) is 41.3 Å². The van der Waals surface area contributed by atoms with E-state index in [2.05, 4.69) is 51.8 Å². The molecule has 4 radical (unpaired) electrons. The molecule has 1 aliphatic rings. The van der Waals surface area contributed by atoms with Crippen LogP contribution in [0, 0.1) is 23.7 Å². The van der Waals surface area contributed by atoms with Crippen LogP contribution in [0.25, 0.3) is 11.4 Å². The van der Waals surface area contributed by atoms with Crippen LogP contribution in [0.5, 0.6) is 5.75 Å². The summed E-state index contributed by atoms with van der Waals surface area (Å²) < 4.78 is 24.4. The van der Waals surface area contributed by atoms with E-state index >= 15 is 0 Å². The summed E-state index contributed by atoms with van der Waals surface area (Å²) in [6.07, 6.45) is 1.34. The lowest BCUT2D eigenvalue weighted by atomic mass is 9.69. The Morgan fingerprint density at radius 3 is 2.20 bits per heavy atom. The molecule has 7 nitrogen and oxygen atoms in total. The Balaban J connectivity index is 1.95. The monoisotopic (exact) mass is 623 g/mol. The van der Waals surface area contributed by atoms with E-state index in [1.807, 2.05) is 38.2 Å². The zero-order valence-corrected chi connectivity index (χ0v) is 28.7. The molecule has 0 amide bonds. The highest BCUT2D eigenvalue weighted by atomic mass is 35.5. The lowest BCUT2D eigenvalue weighted by Crippen LogP contribution is -2.50. The summed E-state index contributed by atoms with van der Waals surface area (Å²) in [7, 11) is 0.662. The second-order valence-electron chi connectivity index (χ2n) is 12.0. The number of aromatic nitrogens is 2. The molecule has 2 unspecified atom stereocenters. The molecule has 1 aliphatic heterocycles. The van der Waals surface area contributed by atoms with Crippen molar-refractivity contribution in [1.82, 2.24) is 9.97 Å². The number of hydrogen-bond acceptors (Lipinski definition) is 7. The van der Waals surface area contributed by atoms with E-state index in [1.165, 1.54) is 0 Å². The molecule has 1 saturated heterocycles. The normalized spacial score (nSPS) is 16.7. The summed E-state index contributed by atoms with van der Waals surface area (Å²) in [5.74, 6) is 1.95. The quantitative estimate of drug-likeness (QED) is 0.149. The third-order valence-electron chi connectivity index (χ3n) is 7.58. The van der Waals surface area contributed by atoms with Crippen LogP contribution in [0.2, 0.25) is 23.3 Å². The SMILES string of the molecule is C[Si]OC(O[Si]C)C(C)(C)C(C)C(Oc1cc(Cl)cc(-c2nc(Cl)c(C)c(NC3CCOCC3)n2)c1)C(C)(C)C. The Morgan fingerprint density at radius 1 is 1.00 bits per heavy atom. The van der Waals surface area contributed by atoms with Gasteiger partial charge in [0.25, 0.3) is 0 Å². The number of halogens is 2. The fraction of sp³-hybridized carbons (Fsp3) is 0.655. The first-order valence-electron chi connectivity index (χ1n) is 13.8. The van der Waals surface area contributed by atoms with Gasteiger partial charge in [0.1, 0.15) is 29.1 Å². The van der Waals surface area contributed by atoms with Gasteiger partial charge in [0.05, 0.1) is 0 Å². The minimum absolute atomic E-state index is 0.0768. The highest BCUT2D eigenvalue weighted by Gasteiger charge is 2.45. The second-order valence-corrected chi connectivity index (χ2v) is 14.1. The van der Waals surface area contributed by atoms with Gasteiger partial charge in [-0.2, -0.15) is 0 Å². The van der Waals surface area contributed by atoms with E-state index in [-0.39, 0.29) is 35.2 Å². The molecule has 2 atom stereocenters. The lowest BCUT2D eigenvalue weighted by Gasteiger charge is -2.46. The summed E-state index contributed by atoms with van der Waals surface area (Å²) in [5, 5.41) is 4.49. The van der Waals surface area contributed by atoms with E-state index in [4.69, 9.17) is 46.5 Å². The molecular weight excluding hydrogens is 581 g/mol. The van der Waals surface area contributed by atoms with Crippen molar-refractivity contribution >= 4 is 48.5 Å². The van der Waals surface area contributed by atoms with Crippen molar-refractivity contribution in [2.75, 3.05) is 18.5 Å². The summed E-state index contributed by atoms with van der Waals surface area (Å²) in [6.45, 7) is 20.6. The molecule has 0 spiro atoms. The summed E-state index contributed by atoms with van der Waals surface area (Å²) in [6, 6.07) is 5.90. The minimum atomic E-state index is -0.331. The third-order valence-corrected chi connectivity index (χ3v) is 9.07. The number of benzene rings is 1. The first kappa shape index (κ1) is 33.3. The van der Waals surface area contributed by atoms with Crippen LogP contribution in [0.15, 0.2) is 18.2 Å². The summed E-state index contributed by atoms with van der Waals surface area (Å²) in [5.41, 5.74) is 1.06. The molecule has 3 rings (SSSR count). The van der Waals surface area contributed by atoms with Gasteiger partial charge in [0.2, 0.25) is 19.5 Å². The van der Waals surface area contributed by atoms with E-state index < -0.39 is 0 Å². The maximum atomic E-state index is 6.77. The van der Waals surface area contributed by atoms with Gasteiger partial charge < -0.3 is 23.6 Å². The van der Waals surface area contributed by atoms with Crippen LogP contribution in [-0.2, 0) is 13.6 Å². The first-order valence-corrected chi connectivity index (χ1v) is 17.4. The molecule has 0 saturated carbocycles. The molecule has 2 heterocycles. The minimum Gasteiger partial charge on any atom is -0.490 e. The predicted octanol–water partition coefficient (Wildman–Crippen LogP) is 7.50. The van der Waals surface area contributed by atoms with Crippen molar-refractivity contribution in [1.29, 1.82) is 0 Å². The molecule has 2 aromatic rings. The fourth-order valence-electron chi connectivity index (χ4n) is 4.88. The van der Waals surface area contributed by atoms with Crippen molar-refractivity contribution < 1.29 is 18.3 Å². The number of ether oxygens (including phenoxy) is 2. The van der Waals surface area contributed by atoms with E-state index in [0.717, 1.165) is 43.0 Å². The Hall–Kier alpha value is -1.21. The molecule has 1 fully saturated rings. The van der Waals surface area contributed by atoms with Gasteiger partial charge in [-0.05, 0) is 56.5 Å². The molecule has 220 valence electrons. The molecule has 1 aromatic carbocycles. The van der Waals surface area contributed by atoms with E-state index in [1.54, 1.807) is 0 Å². The maximum Gasteiger partial charge on any atom is 0.229 e. The fourth-order valence-corrected chi connectivity index (χ4v) is 6.50. The zero-order chi connectivity index (χ0) is 29.7. The number of nitrogens with one attached hydrogen (secondary N) is 1. The smallest absolute Gasteiger partial charge is 0.229 e. The van der Waals surface area contributed by atoms with Crippen LogP contribution < -0.4 is 10.1 Å². The topological polar surface area (TPSA) is 74.7 Å². The lowest BCUT2D eigenvalue weighted by molar-refractivity contribution is -0.132. The van der Waals surface area contributed by atoms with Gasteiger partial charge in [-0.3, -0.25) is 0 Å². The maximum absolute atomic E-state index is 6.77. The third kappa shape index (κ3) is 8.43. The Morgan fingerprint density at radius 2 is 1.62 bits per heavy atom. The van der Waals surface area contributed by atoms with Crippen molar-refractivity contribution in [3.8, 4) is 17.1 Å². The predicted molar refractivity (Wildman–Crippen MR) is 166 cm³/mol. The molecule has 40 heavy (non-hydrogen) atoms. The van der Waals surface area contributed by atoms with Crippen LogP contribution in [0.1, 0.15) is 59.9 Å². The molecule has 0 bridgehead atoms. The van der Waals surface area contributed by atoms with Gasteiger partial charge in [-0.1, -0.05) is 64.7 Å². The van der Waals surface area contributed by atoms with Crippen LogP contribution in [0.3, 0.4) is 0 Å². The molecule has 1 N–H and O–H groups in total. The van der Waals surface area contributed by atoms with Gasteiger partial charge in [0, 0.05) is 46.7 Å². The molecular formula is C29H43Cl2N3O4Si2. The van der Waals surface area contributed by atoms with E-state index in [9.17, 15) is 0 Å². The average molecular weight is 625 g/mol. The summed E-state index contributed by atoms with van der Waals surface area (Å²) >= 11 is 13.2. The largest absolute Gasteiger partial charge is 0.490 e. The highest BCUT2D eigenvalue weighted by Crippen LogP contribution is 2.43. The summed E-state index contributed by atoms with van der Waals surface area (Å²) in [4.78, 5) is 9.44. The van der Waals surface area contributed by atoms with Crippen molar-refractivity contribution in [2.24, 2.45) is 16.7 Å². The van der Waals surface area contributed by atoms with Crippen molar-refractivity contribution in [3.05, 3.63) is 33.9 Å². The van der Waals surface area contributed by atoms with Crippen molar-refractivity contribution in [2.45, 2.75) is 92.8 Å². The number of nitrogens with zero attached hydrogens (tertiary/aromatic N) is 2. The Kier molecular flexibility index (Phi) is 11.9. The Labute approximate surface area is 255 Å². The van der Waals surface area contributed by atoms with Gasteiger partial charge in [-0.15, -0.1) is 0 Å². The molecule has 11 heteroatoms. The van der Waals surface area contributed by atoms with Gasteiger partial charge in [-0.25, -0.2) is 9.97 Å². The second kappa shape index (κ2) is 14.3. The molecule has 1 aromatic heterocycles. The van der Waals surface area contributed by atoms with Gasteiger partial charge in [0.15, 0.2) is 5.82 Å². The van der Waals surface area contributed by atoms with Crippen LogP contribution in [0.4, 0.5) is 5.82 Å². The molecule has 0 aliphatic carbocycles. The van der Waals surface area contributed by atoms with Crippen LogP contribution in [-0.4, -0.2) is 61.1 Å². The first-order chi connectivity index (χ1) is 18.8. The Bertz CT molecular complexity index is 1120.